The van der Waals surface area contributed by atoms with Crippen molar-refractivity contribution in [1.29, 1.82) is 0 Å². The van der Waals surface area contributed by atoms with Gasteiger partial charge in [-0.05, 0) is 30.2 Å². The van der Waals surface area contributed by atoms with Gasteiger partial charge in [0.25, 0.3) is 0 Å². The minimum Gasteiger partial charge on any atom is -0.469 e. The quantitative estimate of drug-likeness (QED) is 0.850. The van der Waals surface area contributed by atoms with Gasteiger partial charge in [0.15, 0.2) is 0 Å². The third-order valence-corrected chi connectivity index (χ3v) is 4.79. The van der Waals surface area contributed by atoms with Crippen molar-refractivity contribution in [1.82, 2.24) is 4.90 Å². The first-order valence-corrected chi connectivity index (χ1v) is 8.39. The molecule has 2 atom stereocenters. The van der Waals surface area contributed by atoms with Crippen molar-refractivity contribution in [3.8, 4) is 0 Å². The lowest BCUT2D eigenvalue weighted by molar-refractivity contribution is -0.139. The van der Waals surface area contributed by atoms with Crippen LogP contribution in [0.4, 0.5) is 5.69 Å². The summed E-state index contributed by atoms with van der Waals surface area (Å²) < 4.78 is 5.36. The Kier molecular flexibility index (Phi) is 3.87. The van der Waals surface area contributed by atoms with Crippen LogP contribution in [-0.4, -0.2) is 22.6 Å². The number of hydrogen-bond donors (Lipinski definition) is 1. The third-order valence-electron chi connectivity index (χ3n) is 4.79. The summed E-state index contributed by atoms with van der Waals surface area (Å²) >= 11 is 0. The molecule has 2 aliphatic rings. The van der Waals surface area contributed by atoms with Crippen molar-refractivity contribution in [3.63, 3.8) is 0 Å². The molecule has 25 heavy (non-hydrogen) atoms. The zero-order valence-corrected chi connectivity index (χ0v) is 13.6. The van der Waals surface area contributed by atoms with Gasteiger partial charge in [-0.15, -0.1) is 0 Å². The standard InChI is InChI=1S/C19H18N2O4/c22-17-7-8-18(23)21(17)11-12-4-1-2-5-15(12)20-19(24)14-10-13(14)16-6-3-9-25-16/h1-6,9,13-14H,7-8,10-11H2,(H,20,24)/t13-,14+/m0/s1. The second-order valence-corrected chi connectivity index (χ2v) is 6.48. The average Bonchev–Trinajstić information content (AvgIpc) is 3.11. The highest BCUT2D eigenvalue weighted by Crippen LogP contribution is 2.48. The van der Waals surface area contributed by atoms with Crippen LogP contribution in [0.15, 0.2) is 47.1 Å². The molecular formula is C19H18N2O4. The van der Waals surface area contributed by atoms with Gasteiger partial charge >= 0.3 is 0 Å². The van der Waals surface area contributed by atoms with Gasteiger partial charge in [-0.2, -0.15) is 0 Å². The van der Waals surface area contributed by atoms with E-state index in [-0.39, 0.29) is 48.9 Å². The van der Waals surface area contributed by atoms with Crippen LogP contribution in [0.2, 0.25) is 0 Å². The number of nitrogens with one attached hydrogen (secondary N) is 1. The van der Waals surface area contributed by atoms with E-state index >= 15 is 0 Å². The molecule has 1 aliphatic heterocycles. The number of carbonyl (C=O) groups is 3. The number of anilines is 1. The van der Waals surface area contributed by atoms with Crippen LogP contribution in [0.5, 0.6) is 0 Å². The molecule has 1 aromatic carbocycles. The summed E-state index contributed by atoms with van der Waals surface area (Å²) in [5, 5.41) is 2.94. The van der Waals surface area contributed by atoms with Crippen molar-refractivity contribution in [3.05, 3.63) is 54.0 Å². The predicted octanol–water partition coefficient (Wildman–Crippen LogP) is 2.67. The smallest absolute Gasteiger partial charge is 0.229 e. The molecule has 3 amide bonds. The number of benzene rings is 1. The van der Waals surface area contributed by atoms with Crippen LogP contribution in [0.1, 0.15) is 36.5 Å². The highest BCUT2D eigenvalue weighted by atomic mass is 16.3. The maximum absolute atomic E-state index is 12.5. The first-order chi connectivity index (χ1) is 12.1. The zero-order valence-electron chi connectivity index (χ0n) is 13.6. The molecule has 0 radical (unpaired) electrons. The molecule has 1 aliphatic carbocycles. The molecule has 1 saturated heterocycles. The molecular weight excluding hydrogens is 320 g/mol. The van der Waals surface area contributed by atoms with Crippen LogP contribution < -0.4 is 5.32 Å². The second-order valence-electron chi connectivity index (χ2n) is 6.48. The van der Waals surface area contributed by atoms with Crippen molar-refractivity contribution in [2.45, 2.75) is 31.7 Å². The lowest BCUT2D eigenvalue weighted by Gasteiger charge is -2.17. The number of imide groups is 1. The summed E-state index contributed by atoms with van der Waals surface area (Å²) in [6.07, 6.45) is 2.91. The Morgan fingerprint density at radius 1 is 1.12 bits per heavy atom. The number of amides is 3. The summed E-state index contributed by atoms with van der Waals surface area (Å²) in [5.41, 5.74) is 1.40. The number of carbonyl (C=O) groups excluding carboxylic acids is 3. The molecule has 0 unspecified atom stereocenters. The van der Waals surface area contributed by atoms with Crippen LogP contribution in [0, 0.1) is 5.92 Å². The number of likely N-dealkylation sites (tertiary alicyclic amines) is 1. The molecule has 1 N–H and O–H groups in total. The summed E-state index contributed by atoms with van der Waals surface area (Å²) in [6.45, 7) is 0.195. The lowest BCUT2D eigenvalue weighted by atomic mass is 10.1. The van der Waals surface area contributed by atoms with E-state index in [4.69, 9.17) is 4.42 Å². The molecule has 6 nitrogen and oxygen atoms in total. The van der Waals surface area contributed by atoms with Crippen LogP contribution in [-0.2, 0) is 20.9 Å². The van der Waals surface area contributed by atoms with Gasteiger partial charge in [0.1, 0.15) is 5.76 Å². The largest absolute Gasteiger partial charge is 0.469 e. The molecule has 2 fully saturated rings. The van der Waals surface area contributed by atoms with Crippen molar-refractivity contribution >= 4 is 23.4 Å². The monoisotopic (exact) mass is 338 g/mol. The van der Waals surface area contributed by atoms with Gasteiger partial charge in [0, 0.05) is 30.4 Å². The Bertz CT molecular complexity index is 812. The summed E-state index contributed by atoms with van der Waals surface area (Å²) in [4.78, 5) is 37.4. The number of rotatable bonds is 5. The van der Waals surface area contributed by atoms with E-state index in [1.807, 2.05) is 30.3 Å². The minimum absolute atomic E-state index is 0.0621. The van der Waals surface area contributed by atoms with E-state index in [0.717, 1.165) is 17.7 Å². The van der Waals surface area contributed by atoms with Crippen molar-refractivity contribution in [2.75, 3.05) is 5.32 Å². The van der Waals surface area contributed by atoms with Gasteiger partial charge in [0.05, 0.1) is 12.8 Å². The second kappa shape index (κ2) is 6.20. The Balaban J connectivity index is 1.45. The number of hydrogen-bond acceptors (Lipinski definition) is 4. The fourth-order valence-corrected chi connectivity index (χ4v) is 3.28. The molecule has 1 aromatic heterocycles. The lowest BCUT2D eigenvalue weighted by Crippen LogP contribution is -2.29. The highest BCUT2D eigenvalue weighted by molar-refractivity contribution is 6.02. The average molecular weight is 338 g/mol. The summed E-state index contributed by atoms with van der Waals surface area (Å²) in [5.74, 6) is 0.477. The zero-order chi connectivity index (χ0) is 17.4. The SMILES string of the molecule is O=C(Nc1ccccc1CN1C(=O)CCC1=O)[C@@H]1C[C@@H]1c1ccco1. The van der Waals surface area contributed by atoms with E-state index in [2.05, 4.69) is 5.32 Å². The minimum atomic E-state index is -0.161. The molecule has 0 bridgehead atoms. The Hall–Kier alpha value is -2.89. The molecule has 2 aromatic rings. The van der Waals surface area contributed by atoms with Crippen molar-refractivity contribution < 1.29 is 18.8 Å². The Labute approximate surface area is 144 Å². The van der Waals surface area contributed by atoms with Crippen LogP contribution in [0.25, 0.3) is 0 Å². The molecule has 128 valence electrons. The summed E-state index contributed by atoms with van der Waals surface area (Å²) in [6, 6.07) is 11.0. The fraction of sp³-hybridized carbons (Fsp3) is 0.316. The van der Waals surface area contributed by atoms with Gasteiger partial charge in [0.2, 0.25) is 17.7 Å². The van der Waals surface area contributed by atoms with E-state index in [0.29, 0.717) is 5.69 Å². The Morgan fingerprint density at radius 2 is 1.88 bits per heavy atom. The topological polar surface area (TPSA) is 79.6 Å². The summed E-state index contributed by atoms with van der Waals surface area (Å²) in [7, 11) is 0. The highest BCUT2D eigenvalue weighted by Gasteiger charge is 2.46. The third kappa shape index (κ3) is 3.07. The van der Waals surface area contributed by atoms with Crippen LogP contribution in [0.3, 0.4) is 0 Å². The maximum atomic E-state index is 12.5. The molecule has 6 heteroatoms. The van der Waals surface area contributed by atoms with E-state index in [1.54, 1.807) is 12.3 Å². The molecule has 0 spiro atoms. The Morgan fingerprint density at radius 3 is 2.60 bits per heavy atom. The van der Waals surface area contributed by atoms with E-state index in [1.165, 1.54) is 4.90 Å². The normalized spacial score (nSPS) is 22.3. The van der Waals surface area contributed by atoms with Gasteiger partial charge in [-0.1, -0.05) is 18.2 Å². The molecule has 4 rings (SSSR count). The number of para-hydroxylation sites is 1. The number of furan rings is 1. The molecule has 1 saturated carbocycles. The first-order valence-electron chi connectivity index (χ1n) is 8.39. The molecule has 2 heterocycles. The first kappa shape index (κ1) is 15.6. The van der Waals surface area contributed by atoms with Gasteiger partial charge in [-0.3, -0.25) is 19.3 Å². The van der Waals surface area contributed by atoms with Gasteiger partial charge < -0.3 is 9.73 Å². The maximum Gasteiger partial charge on any atom is 0.229 e. The van der Waals surface area contributed by atoms with Crippen molar-refractivity contribution in [2.24, 2.45) is 5.92 Å². The van der Waals surface area contributed by atoms with Crippen LogP contribution >= 0.6 is 0 Å². The predicted molar refractivity (Wildman–Crippen MR) is 89.4 cm³/mol. The van der Waals surface area contributed by atoms with E-state index in [9.17, 15) is 14.4 Å². The fourth-order valence-electron chi connectivity index (χ4n) is 3.28. The van der Waals surface area contributed by atoms with E-state index < -0.39 is 0 Å². The van der Waals surface area contributed by atoms with Gasteiger partial charge in [-0.25, -0.2) is 0 Å². The number of nitrogens with zero attached hydrogens (tertiary/aromatic N) is 1.